The molecule has 0 radical (unpaired) electrons. The minimum absolute atomic E-state index is 0. The van der Waals surface area contributed by atoms with E-state index in [0.29, 0.717) is 12.3 Å². The number of carbonyl (C=O) groups excluding carboxylic acids is 1. The second-order valence-corrected chi connectivity index (χ2v) is 5.05. The lowest BCUT2D eigenvalue weighted by atomic mass is 10.0. The molecule has 1 aromatic carbocycles. The van der Waals surface area contributed by atoms with Gasteiger partial charge in [-0.15, -0.1) is 12.4 Å². The summed E-state index contributed by atoms with van der Waals surface area (Å²) in [5.74, 6) is 0.629. The Labute approximate surface area is 122 Å². The number of rotatable bonds is 6. The maximum absolute atomic E-state index is 12.1. The minimum atomic E-state index is -0.208. The molecule has 108 valence electrons. The topological polar surface area (TPSA) is 46.3 Å². The highest BCUT2D eigenvalue weighted by Gasteiger charge is 2.17. The first-order chi connectivity index (χ1) is 8.54. The van der Waals surface area contributed by atoms with E-state index in [9.17, 15) is 4.79 Å². The van der Waals surface area contributed by atoms with Gasteiger partial charge >= 0.3 is 0 Å². The molecular formula is C15H25ClN2O. The van der Waals surface area contributed by atoms with Crippen molar-refractivity contribution >= 4 is 18.3 Å². The molecule has 2 N–H and O–H groups in total. The minimum Gasteiger partial charge on any atom is -0.343 e. The lowest BCUT2D eigenvalue weighted by molar-refractivity contribution is -0.131. The molecule has 0 aromatic heterocycles. The van der Waals surface area contributed by atoms with Crippen molar-refractivity contribution in [2.75, 3.05) is 13.1 Å². The Morgan fingerprint density at radius 1 is 1.26 bits per heavy atom. The second kappa shape index (κ2) is 8.94. The van der Waals surface area contributed by atoms with Gasteiger partial charge in [-0.25, -0.2) is 0 Å². The summed E-state index contributed by atoms with van der Waals surface area (Å²) in [6.07, 6.45) is 0.380. The molecule has 1 rings (SSSR count). The summed E-state index contributed by atoms with van der Waals surface area (Å²) in [5.41, 5.74) is 7.09. The quantitative estimate of drug-likeness (QED) is 0.873. The highest BCUT2D eigenvalue weighted by Crippen LogP contribution is 2.15. The van der Waals surface area contributed by atoms with Gasteiger partial charge in [0.1, 0.15) is 0 Å². The fourth-order valence-electron chi connectivity index (χ4n) is 1.98. The van der Waals surface area contributed by atoms with Crippen LogP contribution in [0.3, 0.4) is 0 Å². The first-order valence-electron chi connectivity index (χ1n) is 6.62. The standard InChI is InChI=1S/C15H24N2O.ClH/c1-4-17(11-12(2)3)15(18)10-14(16)13-8-6-5-7-9-13;/h5-9,12,14H,4,10-11,16H2,1-3H3;1H. The number of halogens is 1. The van der Waals surface area contributed by atoms with E-state index in [1.807, 2.05) is 42.2 Å². The second-order valence-electron chi connectivity index (χ2n) is 5.05. The van der Waals surface area contributed by atoms with Gasteiger partial charge in [-0.2, -0.15) is 0 Å². The van der Waals surface area contributed by atoms with Crippen molar-refractivity contribution in [1.29, 1.82) is 0 Å². The summed E-state index contributed by atoms with van der Waals surface area (Å²) in [4.78, 5) is 14.0. The number of benzene rings is 1. The number of nitrogens with zero attached hydrogens (tertiary/aromatic N) is 1. The van der Waals surface area contributed by atoms with Crippen LogP contribution in [-0.2, 0) is 4.79 Å². The molecule has 19 heavy (non-hydrogen) atoms. The smallest absolute Gasteiger partial charge is 0.224 e. The summed E-state index contributed by atoms with van der Waals surface area (Å²) in [5, 5.41) is 0. The molecule has 0 fully saturated rings. The van der Waals surface area contributed by atoms with E-state index in [1.165, 1.54) is 0 Å². The van der Waals surface area contributed by atoms with E-state index in [0.717, 1.165) is 18.7 Å². The van der Waals surface area contributed by atoms with Gasteiger partial charge in [0.15, 0.2) is 0 Å². The molecule has 1 amide bonds. The molecule has 0 saturated carbocycles. The van der Waals surface area contributed by atoms with Gasteiger partial charge in [-0.05, 0) is 18.4 Å². The van der Waals surface area contributed by atoms with Crippen LogP contribution in [0.15, 0.2) is 30.3 Å². The van der Waals surface area contributed by atoms with Gasteiger partial charge in [0, 0.05) is 25.6 Å². The largest absolute Gasteiger partial charge is 0.343 e. The number of nitrogens with two attached hydrogens (primary N) is 1. The highest BCUT2D eigenvalue weighted by atomic mass is 35.5. The molecule has 0 aliphatic carbocycles. The zero-order chi connectivity index (χ0) is 13.5. The van der Waals surface area contributed by atoms with Crippen molar-refractivity contribution < 1.29 is 4.79 Å². The molecule has 0 bridgehead atoms. The Balaban J connectivity index is 0.00000324. The van der Waals surface area contributed by atoms with E-state index in [-0.39, 0.29) is 24.4 Å². The number of amides is 1. The van der Waals surface area contributed by atoms with E-state index < -0.39 is 0 Å². The summed E-state index contributed by atoms with van der Waals surface area (Å²) in [6.45, 7) is 7.80. The zero-order valence-corrected chi connectivity index (χ0v) is 12.8. The average Bonchev–Trinajstić information content (AvgIpc) is 2.36. The van der Waals surface area contributed by atoms with E-state index in [1.54, 1.807) is 0 Å². The number of hydrogen-bond acceptors (Lipinski definition) is 2. The molecule has 0 heterocycles. The summed E-state index contributed by atoms with van der Waals surface area (Å²) in [6, 6.07) is 9.58. The van der Waals surface area contributed by atoms with Crippen LogP contribution in [0.4, 0.5) is 0 Å². The van der Waals surface area contributed by atoms with Crippen LogP contribution in [-0.4, -0.2) is 23.9 Å². The van der Waals surface area contributed by atoms with Crippen molar-refractivity contribution in [3.8, 4) is 0 Å². The van der Waals surface area contributed by atoms with Crippen LogP contribution in [0.1, 0.15) is 38.8 Å². The SMILES string of the molecule is CCN(CC(C)C)C(=O)CC(N)c1ccccc1.Cl. The lowest BCUT2D eigenvalue weighted by Crippen LogP contribution is -2.35. The van der Waals surface area contributed by atoms with Gasteiger partial charge in [0.25, 0.3) is 0 Å². The Morgan fingerprint density at radius 3 is 2.32 bits per heavy atom. The molecule has 4 heteroatoms. The molecule has 0 saturated heterocycles. The Morgan fingerprint density at radius 2 is 1.84 bits per heavy atom. The third-order valence-corrected chi connectivity index (χ3v) is 2.94. The Hall–Kier alpha value is -1.06. The van der Waals surface area contributed by atoms with E-state index in [2.05, 4.69) is 13.8 Å². The maximum Gasteiger partial charge on any atom is 0.224 e. The first kappa shape index (κ1) is 17.9. The van der Waals surface area contributed by atoms with Crippen LogP contribution in [0.2, 0.25) is 0 Å². The predicted molar refractivity (Wildman–Crippen MR) is 82.3 cm³/mol. The normalized spacial score (nSPS) is 11.8. The average molecular weight is 285 g/mol. The molecule has 0 spiro atoms. The summed E-state index contributed by atoms with van der Waals surface area (Å²) in [7, 11) is 0. The van der Waals surface area contributed by atoms with Crippen molar-refractivity contribution in [3.63, 3.8) is 0 Å². The molecular weight excluding hydrogens is 260 g/mol. The predicted octanol–water partition coefficient (Wildman–Crippen LogP) is 3.00. The van der Waals surface area contributed by atoms with Crippen LogP contribution in [0, 0.1) is 5.92 Å². The van der Waals surface area contributed by atoms with Gasteiger partial charge in [0.05, 0.1) is 0 Å². The molecule has 0 aliphatic rings. The molecule has 1 unspecified atom stereocenters. The van der Waals surface area contributed by atoms with E-state index in [4.69, 9.17) is 5.73 Å². The summed E-state index contributed by atoms with van der Waals surface area (Å²) >= 11 is 0. The maximum atomic E-state index is 12.1. The van der Waals surface area contributed by atoms with Gasteiger partial charge < -0.3 is 10.6 Å². The van der Waals surface area contributed by atoms with Gasteiger partial charge in [-0.3, -0.25) is 4.79 Å². The first-order valence-corrected chi connectivity index (χ1v) is 6.62. The van der Waals surface area contributed by atoms with Crippen molar-refractivity contribution in [3.05, 3.63) is 35.9 Å². The Bertz CT molecular complexity index is 368. The molecule has 0 aliphatic heterocycles. The van der Waals surface area contributed by atoms with Crippen molar-refractivity contribution in [2.45, 2.75) is 33.2 Å². The van der Waals surface area contributed by atoms with Crippen molar-refractivity contribution in [1.82, 2.24) is 4.90 Å². The fraction of sp³-hybridized carbons (Fsp3) is 0.533. The third kappa shape index (κ3) is 6.08. The van der Waals surface area contributed by atoms with Crippen molar-refractivity contribution in [2.24, 2.45) is 11.7 Å². The monoisotopic (exact) mass is 284 g/mol. The van der Waals surface area contributed by atoms with Crippen LogP contribution >= 0.6 is 12.4 Å². The molecule has 3 nitrogen and oxygen atoms in total. The van der Waals surface area contributed by atoms with Gasteiger partial charge in [-0.1, -0.05) is 44.2 Å². The third-order valence-electron chi connectivity index (χ3n) is 2.94. The Kier molecular flexibility index (Phi) is 8.44. The number of hydrogen-bond donors (Lipinski definition) is 1. The fourth-order valence-corrected chi connectivity index (χ4v) is 1.98. The van der Waals surface area contributed by atoms with E-state index >= 15 is 0 Å². The number of carbonyl (C=O) groups is 1. The molecule has 1 aromatic rings. The van der Waals surface area contributed by atoms with Crippen LogP contribution in [0.25, 0.3) is 0 Å². The van der Waals surface area contributed by atoms with Crippen LogP contribution in [0.5, 0.6) is 0 Å². The molecule has 1 atom stereocenters. The van der Waals surface area contributed by atoms with Gasteiger partial charge in [0.2, 0.25) is 5.91 Å². The lowest BCUT2D eigenvalue weighted by Gasteiger charge is -2.24. The zero-order valence-electron chi connectivity index (χ0n) is 12.0. The summed E-state index contributed by atoms with van der Waals surface area (Å²) < 4.78 is 0. The highest BCUT2D eigenvalue weighted by molar-refractivity contribution is 5.85. The van der Waals surface area contributed by atoms with Crippen LogP contribution < -0.4 is 5.73 Å².